The molecule has 2 rings (SSSR count). The van der Waals surface area contributed by atoms with Gasteiger partial charge >= 0.3 is 0 Å². The topological polar surface area (TPSA) is 72.4 Å². The summed E-state index contributed by atoms with van der Waals surface area (Å²) in [5.41, 5.74) is 6.03. The third-order valence-corrected chi connectivity index (χ3v) is 2.17. The van der Waals surface area contributed by atoms with Crippen molar-refractivity contribution in [2.45, 2.75) is 12.5 Å². The van der Waals surface area contributed by atoms with Crippen molar-refractivity contribution in [2.75, 3.05) is 13.1 Å². The maximum Gasteiger partial charge on any atom is 0.276 e. The minimum atomic E-state index is -0.0956. The number of rotatable bonds is 1. The highest BCUT2D eigenvalue weighted by atomic mass is 16.5. The number of hydrogen-bond donors (Lipinski definition) is 1. The van der Waals surface area contributed by atoms with E-state index in [1.54, 1.807) is 11.0 Å². The summed E-state index contributed by atoms with van der Waals surface area (Å²) in [5, 5.41) is 3.58. The van der Waals surface area contributed by atoms with Crippen molar-refractivity contribution < 1.29 is 9.32 Å². The second-order valence-corrected chi connectivity index (χ2v) is 3.18. The van der Waals surface area contributed by atoms with Gasteiger partial charge in [-0.2, -0.15) is 0 Å². The first kappa shape index (κ1) is 8.25. The molecule has 2 N–H and O–H groups in total. The fraction of sp³-hybridized carbons (Fsp3) is 0.500. The van der Waals surface area contributed by atoms with Gasteiger partial charge in [-0.3, -0.25) is 4.79 Å². The van der Waals surface area contributed by atoms with Crippen LogP contribution in [0.15, 0.2) is 16.9 Å². The molecule has 0 aromatic carbocycles. The minimum absolute atomic E-state index is 0.0956. The van der Waals surface area contributed by atoms with Gasteiger partial charge in [-0.1, -0.05) is 5.16 Å². The van der Waals surface area contributed by atoms with Crippen molar-refractivity contribution in [3.05, 3.63) is 18.0 Å². The molecule has 2 heterocycles. The number of hydrogen-bond acceptors (Lipinski definition) is 4. The standard InChI is InChI=1S/C8H11N3O2/c9-6-1-3-11(5-6)8(12)7-2-4-13-10-7/h2,4,6H,1,3,5,9H2/t6-/m1/s1. The maximum absolute atomic E-state index is 11.6. The first-order chi connectivity index (χ1) is 6.27. The number of carbonyl (C=O) groups is 1. The van der Waals surface area contributed by atoms with Gasteiger partial charge in [0.05, 0.1) is 0 Å². The molecular weight excluding hydrogens is 170 g/mol. The minimum Gasteiger partial charge on any atom is -0.364 e. The van der Waals surface area contributed by atoms with Crippen LogP contribution in [0.2, 0.25) is 0 Å². The second kappa shape index (κ2) is 3.18. The van der Waals surface area contributed by atoms with Crippen LogP contribution in [0.4, 0.5) is 0 Å². The predicted octanol–water partition coefficient (Wildman–Crippen LogP) is -0.152. The summed E-state index contributed by atoms with van der Waals surface area (Å²) in [5.74, 6) is -0.0956. The average Bonchev–Trinajstić information content (AvgIpc) is 2.72. The highest BCUT2D eigenvalue weighted by molar-refractivity contribution is 5.92. The van der Waals surface area contributed by atoms with E-state index in [0.717, 1.165) is 6.42 Å². The Balaban J connectivity index is 2.06. The first-order valence-electron chi connectivity index (χ1n) is 4.22. The van der Waals surface area contributed by atoms with E-state index < -0.39 is 0 Å². The van der Waals surface area contributed by atoms with Gasteiger partial charge < -0.3 is 15.2 Å². The molecule has 1 aromatic rings. The fourth-order valence-corrected chi connectivity index (χ4v) is 1.46. The second-order valence-electron chi connectivity index (χ2n) is 3.18. The number of aromatic nitrogens is 1. The van der Waals surface area contributed by atoms with Gasteiger partial charge in [0.1, 0.15) is 6.26 Å². The van der Waals surface area contributed by atoms with Crippen molar-refractivity contribution in [3.63, 3.8) is 0 Å². The number of likely N-dealkylation sites (tertiary alicyclic amines) is 1. The normalized spacial score (nSPS) is 22.2. The predicted molar refractivity (Wildman–Crippen MR) is 45.0 cm³/mol. The zero-order valence-corrected chi connectivity index (χ0v) is 7.14. The molecule has 1 aliphatic rings. The summed E-state index contributed by atoms with van der Waals surface area (Å²) in [6.07, 6.45) is 2.26. The summed E-state index contributed by atoms with van der Waals surface area (Å²) in [6.45, 7) is 1.33. The van der Waals surface area contributed by atoms with E-state index in [0.29, 0.717) is 18.8 Å². The van der Waals surface area contributed by atoms with Crippen molar-refractivity contribution in [3.8, 4) is 0 Å². The number of carbonyl (C=O) groups excluding carboxylic acids is 1. The van der Waals surface area contributed by atoms with E-state index in [9.17, 15) is 4.79 Å². The Labute approximate surface area is 75.5 Å². The van der Waals surface area contributed by atoms with Crippen LogP contribution in [0.5, 0.6) is 0 Å². The van der Waals surface area contributed by atoms with E-state index in [4.69, 9.17) is 5.73 Å². The first-order valence-corrected chi connectivity index (χ1v) is 4.22. The average molecular weight is 181 g/mol. The lowest BCUT2D eigenvalue weighted by atomic mass is 10.3. The molecule has 70 valence electrons. The van der Waals surface area contributed by atoms with E-state index in [1.807, 2.05) is 0 Å². The lowest BCUT2D eigenvalue weighted by Crippen LogP contribution is -2.32. The van der Waals surface area contributed by atoms with Crippen LogP contribution in [0, 0.1) is 0 Å². The molecule has 1 amide bonds. The van der Waals surface area contributed by atoms with Crippen molar-refractivity contribution in [2.24, 2.45) is 5.73 Å². The fourth-order valence-electron chi connectivity index (χ4n) is 1.46. The third kappa shape index (κ3) is 1.55. The molecule has 0 aliphatic carbocycles. The summed E-state index contributed by atoms with van der Waals surface area (Å²) in [7, 11) is 0. The number of nitrogens with two attached hydrogens (primary N) is 1. The molecule has 1 atom stereocenters. The van der Waals surface area contributed by atoms with E-state index in [1.165, 1.54) is 6.26 Å². The monoisotopic (exact) mass is 181 g/mol. The molecule has 0 unspecified atom stereocenters. The Morgan fingerprint density at radius 1 is 1.77 bits per heavy atom. The van der Waals surface area contributed by atoms with Gasteiger partial charge in [-0.05, 0) is 6.42 Å². The smallest absolute Gasteiger partial charge is 0.276 e. The van der Waals surface area contributed by atoms with Gasteiger partial charge in [0.15, 0.2) is 5.69 Å². The van der Waals surface area contributed by atoms with Gasteiger partial charge in [0, 0.05) is 25.2 Å². The Morgan fingerprint density at radius 3 is 3.15 bits per heavy atom. The molecule has 5 nitrogen and oxygen atoms in total. The van der Waals surface area contributed by atoms with Crippen LogP contribution in [-0.2, 0) is 0 Å². The highest BCUT2D eigenvalue weighted by Crippen LogP contribution is 2.10. The van der Waals surface area contributed by atoms with Crippen molar-refractivity contribution >= 4 is 5.91 Å². The molecule has 0 bridgehead atoms. The van der Waals surface area contributed by atoms with Crippen LogP contribution in [0.3, 0.4) is 0 Å². The van der Waals surface area contributed by atoms with Crippen LogP contribution in [0.1, 0.15) is 16.9 Å². The molecule has 5 heteroatoms. The molecule has 1 aromatic heterocycles. The molecule has 0 saturated carbocycles. The van der Waals surface area contributed by atoms with Crippen LogP contribution in [0.25, 0.3) is 0 Å². The Hall–Kier alpha value is -1.36. The molecule has 0 radical (unpaired) electrons. The SMILES string of the molecule is N[C@@H]1CCN(C(=O)c2ccon2)C1. The van der Waals surface area contributed by atoms with E-state index in [2.05, 4.69) is 9.68 Å². The van der Waals surface area contributed by atoms with Crippen molar-refractivity contribution in [1.29, 1.82) is 0 Å². The molecule has 1 fully saturated rings. The molecular formula is C8H11N3O2. The van der Waals surface area contributed by atoms with Gasteiger partial charge in [-0.25, -0.2) is 0 Å². The summed E-state index contributed by atoms with van der Waals surface area (Å²) in [4.78, 5) is 13.3. The zero-order chi connectivity index (χ0) is 9.26. The number of nitrogens with zero attached hydrogens (tertiary/aromatic N) is 2. The third-order valence-electron chi connectivity index (χ3n) is 2.17. The van der Waals surface area contributed by atoms with Gasteiger partial charge in [0.25, 0.3) is 5.91 Å². The summed E-state index contributed by atoms with van der Waals surface area (Å²) >= 11 is 0. The lowest BCUT2D eigenvalue weighted by Gasteiger charge is -2.12. The van der Waals surface area contributed by atoms with Crippen molar-refractivity contribution in [1.82, 2.24) is 10.1 Å². The van der Waals surface area contributed by atoms with Gasteiger partial charge in [0.2, 0.25) is 0 Å². The van der Waals surface area contributed by atoms with Crippen LogP contribution < -0.4 is 5.73 Å². The van der Waals surface area contributed by atoms with Gasteiger partial charge in [-0.15, -0.1) is 0 Å². The van der Waals surface area contributed by atoms with Crippen LogP contribution in [-0.4, -0.2) is 35.1 Å². The summed E-state index contributed by atoms with van der Waals surface area (Å²) in [6, 6.07) is 1.67. The Bertz CT molecular complexity index is 296. The molecule has 0 spiro atoms. The summed E-state index contributed by atoms with van der Waals surface area (Å²) < 4.78 is 4.59. The van der Waals surface area contributed by atoms with Crippen LogP contribution >= 0.6 is 0 Å². The Kier molecular flexibility index (Phi) is 2.02. The maximum atomic E-state index is 11.6. The zero-order valence-electron chi connectivity index (χ0n) is 7.14. The van der Waals surface area contributed by atoms with E-state index >= 15 is 0 Å². The molecule has 1 saturated heterocycles. The quantitative estimate of drug-likeness (QED) is 0.653. The lowest BCUT2D eigenvalue weighted by molar-refractivity contribution is 0.0780. The largest absolute Gasteiger partial charge is 0.364 e. The molecule has 13 heavy (non-hydrogen) atoms. The Morgan fingerprint density at radius 2 is 2.62 bits per heavy atom. The molecule has 1 aliphatic heterocycles. The number of amides is 1. The van der Waals surface area contributed by atoms with E-state index in [-0.39, 0.29) is 11.9 Å². The highest BCUT2D eigenvalue weighted by Gasteiger charge is 2.25.